The fourth-order valence-corrected chi connectivity index (χ4v) is 2.07. The minimum atomic E-state index is -0.311. The van der Waals surface area contributed by atoms with Gasteiger partial charge in [0.1, 0.15) is 6.61 Å². The topological polar surface area (TPSA) is 58.6 Å². The van der Waals surface area contributed by atoms with E-state index in [0.717, 1.165) is 24.1 Å². The normalized spacial score (nSPS) is 13.3. The molecule has 1 aliphatic rings. The molecule has 0 spiro atoms. The average Bonchev–Trinajstić information content (AvgIpc) is 2.96. The first-order valence-corrected chi connectivity index (χ1v) is 7.50. The van der Waals surface area contributed by atoms with Crippen molar-refractivity contribution in [3.8, 4) is 11.8 Å². The van der Waals surface area contributed by atoms with E-state index in [9.17, 15) is 9.59 Å². The van der Waals surface area contributed by atoms with Gasteiger partial charge in [-0.25, -0.2) is 4.79 Å². The number of cyclic esters (lactones) is 1. The summed E-state index contributed by atoms with van der Waals surface area (Å²) in [5, 5.41) is 2.77. The van der Waals surface area contributed by atoms with E-state index in [-0.39, 0.29) is 12.0 Å². The van der Waals surface area contributed by atoms with E-state index in [0.29, 0.717) is 26.1 Å². The first-order chi connectivity index (χ1) is 10.7. The highest BCUT2D eigenvalue weighted by Gasteiger charge is 2.22. The van der Waals surface area contributed by atoms with Gasteiger partial charge in [-0.2, -0.15) is 0 Å². The number of unbranched alkanes of at least 4 members (excludes halogenated alkanes) is 1. The summed E-state index contributed by atoms with van der Waals surface area (Å²) >= 11 is 0. The van der Waals surface area contributed by atoms with Gasteiger partial charge in [-0.1, -0.05) is 25.2 Å². The molecule has 0 saturated carbocycles. The van der Waals surface area contributed by atoms with Gasteiger partial charge in [0.15, 0.2) is 0 Å². The zero-order valence-electron chi connectivity index (χ0n) is 12.7. The molecule has 0 bridgehead atoms. The maximum absolute atomic E-state index is 11.4. The van der Waals surface area contributed by atoms with Crippen molar-refractivity contribution in [2.45, 2.75) is 26.2 Å². The fourth-order valence-electron chi connectivity index (χ4n) is 2.07. The minimum Gasteiger partial charge on any atom is -0.447 e. The van der Waals surface area contributed by atoms with Crippen LogP contribution in [0.3, 0.4) is 0 Å². The number of nitrogens with one attached hydrogen (secondary N) is 1. The van der Waals surface area contributed by atoms with Gasteiger partial charge >= 0.3 is 6.09 Å². The summed E-state index contributed by atoms with van der Waals surface area (Å²) < 4.78 is 4.90. The average molecular weight is 300 g/mol. The van der Waals surface area contributed by atoms with E-state index in [2.05, 4.69) is 24.1 Å². The zero-order valence-corrected chi connectivity index (χ0v) is 12.7. The number of anilines is 1. The highest BCUT2D eigenvalue weighted by atomic mass is 16.6. The van der Waals surface area contributed by atoms with E-state index < -0.39 is 0 Å². The van der Waals surface area contributed by atoms with E-state index >= 15 is 0 Å². The largest absolute Gasteiger partial charge is 0.447 e. The Hall–Kier alpha value is -2.48. The SMILES string of the molecule is CCCCC(=O)NCC#Cc1ccc(N2CCOC2=O)cc1. The van der Waals surface area contributed by atoms with Crippen molar-refractivity contribution in [1.82, 2.24) is 5.32 Å². The lowest BCUT2D eigenvalue weighted by atomic mass is 10.2. The van der Waals surface area contributed by atoms with E-state index in [1.165, 1.54) is 0 Å². The third kappa shape index (κ3) is 4.52. The van der Waals surface area contributed by atoms with Crippen molar-refractivity contribution in [2.75, 3.05) is 24.6 Å². The third-order valence-electron chi connectivity index (χ3n) is 3.30. The molecule has 5 heteroatoms. The van der Waals surface area contributed by atoms with Gasteiger partial charge in [-0.15, -0.1) is 0 Å². The van der Waals surface area contributed by atoms with Gasteiger partial charge in [0.25, 0.3) is 0 Å². The number of amides is 2. The maximum atomic E-state index is 11.4. The van der Waals surface area contributed by atoms with Gasteiger partial charge in [-0.3, -0.25) is 9.69 Å². The van der Waals surface area contributed by atoms with Crippen LogP contribution in [-0.4, -0.2) is 31.7 Å². The quantitative estimate of drug-likeness (QED) is 0.849. The van der Waals surface area contributed by atoms with Crippen LogP contribution in [-0.2, 0) is 9.53 Å². The molecule has 2 amide bonds. The molecule has 1 saturated heterocycles. The summed E-state index contributed by atoms with van der Waals surface area (Å²) in [4.78, 5) is 24.4. The molecule has 1 fully saturated rings. The zero-order chi connectivity index (χ0) is 15.8. The summed E-state index contributed by atoms with van der Waals surface area (Å²) in [6.45, 7) is 3.41. The lowest BCUT2D eigenvalue weighted by Gasteiger charge is -2.11. The molecule has 1 aromatic carbocycles. The van der Waals surface area contributed by atoms with Gasteiger partial charge in [0.05, 0.1) is 13.1 Å². The molecule has 5 nitrogen and oxygen atoms in total. The molecule has 22 heavy (non-hydrogen) atoms. The number of carbonyl (C=O) groups excluding carboxylic acids is 2. The molecule has 0 aliphatic carbocycles. The molecule has 1 N–H and O–H groups in total. The van der Waals surface area contributed by atoms with Crippen molar-refractivity contribution in [3.63, 3.8) is 0 Å². The minimum absolute atomic E-state index is 0.0408. The number of hydrogen-bond donors (Lipinski definition) is 1. The molecule has 116 valence electrons. The Morgan fingerprint density at radius 3 is 2.77 bits per heavy atom. The van der Waals surface area contributed by atoms with Crippen molar-refractivity contribution >= 4 is 17.7 Å². The van der Waals surface area contributed by atoms with Crippen LogP contribution in [0, 0.1) is 11.8 Å². The van der Waals surface area contributed by atoms with Crippen LogP contribution in [0.4, 0.5) is 10.5 Å². The van der Waals surface area contributed by atoms with Gasteiger partial charge < -0.3 is 10.1 Å². The van der Waals surface area contributed by atoms with Crippen LogP contribution in [0.5, 0.6) is 0 Å². The number of hydrogen-bond acceptors (Lipinski definition) is 3. The molecule has 2 rings (SSSR count). The molecular formula is C17H20N2O3. The maximum Gasteiger partial charge on any atom is 0.414 e. The van der Waals surface area contributed by atoms with Crippen LogP contribution in [0.2, 0.25) is 0 Å². The predicted octanol–water partition coefficient (Wildman–Crippen LogP) is 2.30. The number of nitrogens with zero attached hydrogens (tertiary/aromatic N) is 1. The van der Waals surface area contributed by atoms with Gasteiger partial charge in [0.2, 0.25) is 5.91 Å². The van der Waals surface area contributed by atoms with Crippen LogP contribution in [0.1, 0.15) is 31.7 Å². The molecular weight excluding hydrogens is 280 g/mol. The molecule has 1 aliphatic heterocycles. The fraction of sp³-hybridized carbons (Fsp3) is 0.412. The Labute approximate surface area is 130 Å². The molecule has 0 atom stereocenters. The summed E-state index contributed by atoms with van der Waals surface area (Å²) in [5.74, 6) is 5.95. The van der Waals surface area contributed by atoms with E-state index in [1.54, 1.807) is 4.90 Å². The Bertz CT molecular complexity index is 584. The third-order valence-corrected chi connectivity index (χ3v) is 3.30. The van der Waals surface area contributed by atoms with Crippen LogP contribution in [0.15, 0.2) is 24.3 Å². The molecule has 1 heterocycles. The number of rotatable bonds is 5. The first kappa shape index (κ1) is 15.9. The highest BCUT2D eigenvalue weighted by Crippen LogP contribution is 2.18. The second-order valence-corrected chi connectivity index (χ2v) is 4.99. The summed E-state index contributed by atoms with van der Waals surface area (Å²) in [7, 11) is 0. The Morgan fingerprint density at radius 2 is 2.14 bits per heavy atom. The Balaban J connectivity index is 1.83. The highest BCUT2D eigenvalue weighted by molar-refractivity contribution is 5.89. The first-order valence-electron chi connectivity index (χ1n) is 7.50. The Morgan fingerprint density at radius 1 is 1.36 bits per heavy atom. The van der Waals surface area contributed by atoms with Gasteiger partial charge in [-0.05, 0) is 30.7 Å². The van der Waals surface area contributed by atoms with E-state index in [1.807, 2.05) is 24.3 Å². The number of carbonyl (C=O) groups is 2. The van der Waals surface area contributed by atoms with Crippen LogP contribution in [0.25, 0.3) is 0 Å². The van der Waals surface area contributed by atoms with Crippen molar-refractivity contribution in [1.29, 1.82) is 0 Å². The smallest absolute Gasteiger partial charge is 0.414 e. The monoisotopic (exact) mass is 300 g/mol. The van der Waals surface area contributed by atoms with E-state index in [4.69, 9.17) is 4.74 Å². The van der Waals surface area contributed by atoms with Crippen LogP contribution < -0.4 is 10.2 Å². The Kier molecular flexibility index (Phi) is 5.84. The standard InChI is InChI=1S/C17H20N2O3/c1-2-3-6-16(20)18-11-4-5-14-7-9-15(10-8-14)19-12-13-22-17(19)21/h7-10H,2-3,6,11-13H2,1H3,(H,18,20). The summed E-state index contributed by atoms with van der Waals surface area (Å²) in [6, 6.07) is 7.40. The lowest BCUT2D eigenvalue weighted by molar-refractivity contribution is -0.120. The molecule has 1 aromatic rings. The van der Waals surface area contributed by atoms with Crippen molar-refractivity contribution < 1.29 is 14.3 Å². The molecule has 0 unspecified atom stereocenters. The van der Waals surface area contributed by atoms with Crippen molar-refractivity contribution in [3.05, 3.63) is 29.8 Å². The number of ether oxygens (including phenoxy) is 1. The molecule has 0 aromatic heterocycles. The molecule has 0 radical (unpaired) electrons. The predicted molar refractivity (Wildman–Crippen MR) is 84.5 cm³/mol. The second kappa shape index (κ2) is 8.08. The van der Waals surface area contributed by atoms with Gasteiger partial charge in [0, 0.05) is 17.7 Å². The van der Waals surface area contributed by atoms with Crippen LogP contribution >= 0.6 is 0 Å². The second-order valence-electron chi connectivity index (χ2n) is 4.99. The number of benzene rings is 1. The summed E-state index contributed by atoms with van der Waals surface area (Å²) in [5.41, 5.74) is 1.65. The van der Waals surface area contributed by atoms with Crippen molar-refractivity contribution in [2.24, 2.45) is 0 Å². The lowest BCUT2D eigenvalue weighted by Crippen LogP contribution is -2.23. The summed E-state index contributed by atoms with van der Waals surface area (Å²) in [6.07, 6.45) is 2.16.